The van der Waals surface area contributed by atoms with Gasteiger partial charge in [-0.3, -0.25) is 4.40 Å². The van der Waals surface area contributed by atoms with Crippen molar-refractivity contribution in [1.29, 1.82) is 0 Å². The van der Waals surface area contributed by atoms with Crippen LogP contribution in [-0.2, 0) is 0 Å². The van der Waals surface area contributed by atoms with Gasteiger partial charge in [-0.25, -0.2) is 4.98 Å². The number of unbranched alkanes of at least 4 members (excludes halogenated alkanes) is 2. The van der Waals surface area contributed by atoms with Crippen LogP contribution in [0, 0.1) is 0 Å². The van der Waals surface area contributed by atoms with E-state index in [-0.39, 0.29) is 0 Å². The molecule has 0 radical (unpaired) electrons. The Morgan fingerprint density at radius 2 is 2.11 bits per heavy atom. The third-order valence-corrected chi connectivity index (χ3v) is 3.18. The number of pyridine rings is 1. The molecule has 0 bridgehead atoms. The lowest BCUT2D eigenvalue weighted by atomic mass is 10.1. The molecule has 0 saturated heterocycles. The predicted octanol–water partition coefficient (Wildman–Crippen LogP) is 4.06. The average Bonchev–Trinajstić information content (AvgIpc) is 2.74. The molecule has 0 fully saturated rings. The molecular weight excluding hydrogens is 222 g/mol. The molecule has 18 heavy (non-hydrogen) atoms. The number of nitrogens with one attached hydrogen (secondary N) is 1. The van der Waals surface area contributed by atoms with E-state index < -0.39 is 0 Å². The average molecular weight is 245 g/mol. The Labute approximate surface area is 109 Å². The number of rotatable bonds is 6. The first kappa shape index (κ1) is 12.9. The summed E-state index contributed by atoms with van der Waals surface area (Å²) in [6, 6.07) is 6.15. The topological polar surface area (TPSA) is 29.3 Å². The van der Waals surface area contributed by atoms with Gasteiger partial charge in [0.15, 0.2) is 0 Å². The van der Waals surface area contributed by atoms with Crippen LogP contribution in [0.15, 0.2) is 24.4 Å². The maximum atomic E-state index is 4.71. The molecule has 0 aromatic carbocycles. The van der Waals surface area contributed by atoms with Gasteiger partial charge in [0, 0.05) is 12.7 Å². The maximum absolute atomic E-state index is 4.71. The molecule has 98 valence electrons. The van der Waals surface area contributed by atoms with Crippen molar-refractivity contribution in [2.24, 2.45) is 0 Å². The third kappa shape index (κ3) is 2.66. The Kier molecular flexibility index (Phi) is 4.24. The molecule has 0 saturated carbocycles. The van der Waals surface area contributed by atoms with Crippen LogP contribution in [-0.4, -0.2) is 15.9 Å². The fraction of sp³-hybridized carbons (Fsp3) is 0.533. The van der Waals surface area contributed by atoms with Gasteiger partial charge in [0.1, 0.15) is 11.5 Å². The highest BCUT2D eigenvalue weighted by Gasteiger charge is 2.13. The minimum Gasteiger partial charge on any atom is -0.370 e. The first-order valence-corrected chi connectivity index (χ1v) is 6.95. The highest BCUT2D eigenvalue weighted by Crippen LogP contribution is 2.25. The number of hydrogen-bond donors (Lipinski definition) is 1. The van der Waals surface area contributed by atoms with E-state index in [9.17, 15) is 0 Å². The van der Waals surface area contributed by atoms with Crippen LogP contribution in [0.5, 0.6) is 0 Å². The van der Waals surface area contributed by atoms with Crippen LogP contribution in [0.2, 0.25) is 0 Å². The molecule has 2 rings (SSSR count). The molecule has 0 aliphatic heterocycles. The molecule has 0 unspecified atom stereocenters. The monoisotopic (exact) mass is 245 g/mol. The predicted molar refractivity (Wildman–Crippen MR) is 77.3 cm³/mol. The summed E-state index contributed by atoms with van der Waals surface area (Å²) in [6.07, 6.45) is 5.83. The maximum Gasteiger partial charge on any atom is 0.138 e. The van der Waals surface area contributed by atoms with E-state index in [0.717, 1.165) is 23.7 Å². The van der Waals surface area contributed by atoms with E-state index in [1.165, 1.54) is 19.3 Å². The molecule has 3 nitrogen and oxygen atoms in total. The molecule has 0 aliphatic carbocycles. The Hall–Kier alpha value is -1.51. The Morgan fingerprint density at radius 3 is 2.83 bits per heavy atom. The van der Waals surface area contributed by atoms with Crippen molar-refractivity contribution < 1.29 is 0 Å². The molecule has 0 aliphatic rings. The quantitative estimate of drug-likeness (QED) is 0.778. The summed E-state index contributed by atoms with van der Waals surface area (Å²) >= 11 is 0. The summed E-state index contributed by atoms with van der Waals surface area (Å²) < 4.78 is 2.15. The molecule has 0 spiro atoms. The summed E-state index contributed by atoms with van der Waals surface area (Å²) in [5, 5.41) is 3.55. The molecule has 2 heterocycles. The van der Waals surface area contributed by atoms with Crippen molar-refractivity contribution in [1.82, 2.24) is 9.38 Å². The zero-order valence-electron chi connectivity index (χ0n) is 11.6. The van der Waals surface area contributed by atoms with Gasteiger partial charge in [0.25, 0.3) is 0 Å². The number of nitrogens with zero attached hydrogens (tertiary/aromatic N) is 2. The zero-order chi connectivity index (χ0) is 13.0. The van der Waals surface area contributed by atoms with Crippen LogP contribution in [0.1, 0.15) is 51.6 Å². The van der Waals surface area contributed by atoms with Gasteiger partial charge in [-0.2, -0.15) is 0 Å². The van der Waals surface area contributed by atoms with Crippen molar-refractivity contribution >= 4 is 11.5 Å². The summed E-state index contributed by atoms with van der Waals surface area (Å²) in [4.78, 5) is 4.71. The highest BCUT2D eigenvalue weighted by atomic mass is 15.1. The number of anilines is 1. The third-order valence-electron chi connectivity index (χ3n) is 3.18. The standard InChI is InChI=1S/C15H23N3/c1-4-5-7-10-16-15-14(12(2)3)17-13-9-6-8-11-18(13)15/h6,8-9,11-12,16H,4-5,7,10H2,1-3H3. The van der Waals surface area contributed by atoms with Crippen LogP contribution >= 0.6 is 0 Å². The van der Waals surface area contributed by atoms with E-state index in [1.807, 2.05) is 6.07 Å². The lowest BCUT2D eigenvalue weighted by molar-refractivity contribution is 0.739. The lowest BCUT2D eigenvalue weighted by Gasteiger charge is -2.09. The second-order valence-electron chi connectivity index (χ2n) is 5.06. The fourth-order valence-corrected chi connectivity index (χ4v) is 2.17. The number of hydrogen-bond acceptors (Lipinski definition) is 2. The van der Waals surface area contributed by atoms with Crippen molar-refractivity contribution in [3.63, 3.8) is 0 Å². The first-order chi connectivity index (χ1) is 8.74. The summed E-state index contributed by atoms with van der Waals surface area (Å²) in [7, 11) is 0. The summed E-state index contributed by atoms with van der Waals surface area (Å²) in [5.41, 5.74) is 2.19. The molecule has 3 heteroatoms. The van der Waals surface area contributed by atoms with Gasteiger partial charge >= 0.3 is 0 Å². The van der Waals surface area contributed by atoms with Gasteiger partial charge in [-0.15, -0.1) is 0 Å². The number of fused-ring (bicyclic) bond motifs is 1. The second kappa shape index (κ2) is 5.89. The SMILES string of the molecule is CCCCCNc1c(C(C)C)nc2ccccn12. The minimum absolute atomic E-state index is 0.443. The molecule has 2 aromatic heterocycles. The van der Waals surface area contributed by atoms with Gasteiger partial charge in [-0.1, -0.05) is 39.7 Å². The van der Waals surface area contributed by atoms with Crippen molar-refractivity contribution in [2.45, 2.75) is 46.0 Å². The number of aromatic nitrogens is 2. The van der Waals surface area contributed by atoms with E-state index in [2.05, 4.69) is 48.8 Å². The highest BCUT2D eigenvalue weighted by molar-refractivity contribution is 5.56. The first-order valence-electron chi connectivity index (χ1n) is 6.95. The zero-order valence-corrected chi connectivity index (χ0v) is 11.6. The minimum atomic E-state index is 0.443. The lowest BCUT2D eigenvalue weighted by Crippen LogP contribution is -2.06. The Morgan fingerprint density at radius 1 is 1.28 bits per heavy atom. The van der Waals surface area contributed by atoms with E-state index in [1.54, 1.807) is 0 Å². The largest absolute Gasteiger partial charge is 0.370 e. The molecule has 1 N–H and O–H groups in total. The van der Waals surface area contributed by atoms with E-state index in [0.29, 0.717) is 5.92 Å². The molecule has 0 amide bonds. The van der Waals surface area contributed by atoms with E-state index in [4.69, 9.17) is 4.98 Å². The van der Waals surface area contributed by atoms with Gasteiger partial charge in [0.05, 0.1) is 5.69 Å². The summed E-state index contributed by atoms with van der Waals surface area (Å²) in [5.74, 6) is 1.61. The van der Waals surface area contributed by atoms with E-state index >= 15 is 0 Å². The van der Waals surface area contributed by atoms with Crippen molar-refractivity contribution in [3.05, 3.63) is 30.1 Å². The van der Waals surface area contributed by atoms with Crippen LogP contribution in [0.3, 0.4) is 0 Å². The fourth-order valence-electron chi connectivity index (χ4n) is 2.17. The number of imidazole rings is 1. The molecular formula is C15H23N3. The van der Waals surface area contributed by atoms with Gasteiger partial charge in [0.2, 0.25) is 0 Å². The Balaban J connectivity index is 2.24. The van der Waals surface area contributed by atoms with Crippen LogP contribution in [0.4, 0.5) is 5.82 Å². The van der Waals surface area contributed by atoms with Crippen LogP contribution < -0.4 is 5.32 Å². The second-order valence-corrected chi connectivity index (χ2v) is 5.06. The van der Waals surface area contributed by atoms with Crippen molar-refractivity contribution in [3.8, 4) is 0 Å². The van der Waals surface area contributed by atoms with Crippen LogP contribution in [0.25, 0.3) is 5.65 Å². The Bertz CT molecular complexity index is 499. The van der Waals surface area contributed by atoms with Gasteiger partial charge in [-0.05, 0) is 24.5 Å². The van der Waals surface area contributed by atoms with Crippen molar-refractivity contribution in [2.75, 3.05) is 11.9 Å². The summed E-state index contributed by atoms with van der Waals surface area (Å²) in [6.45, 7) is 7.64. The molecule has 2 aromatic rings. The van der Waals surface area contributed by atoms with Gasteiger partial charge < -0.3 is 5.32 Å². The normalized spacial score (nSPS) is 11.3. The smallest absolute Gasteiger partial charge is 0.138 e. The molecule has 0 atom stereocenters.